The maximum atomic E-state index is 12.2. The molecule has 12 heteroatoms. The molecule has 0 saturated carbocycles. The van der Waals surface area contributed by atoms with E-state index in [1.807, 2.05) is 0 Å². The summed E-state index contributed by atoms with van der Waals surface area (Å²) < 4.78 is 10.8. The lowest BCUT2D eigenvalue weighted by atomic mass is 10.2. The fourth-order valence-corrected chi connectivity index (χ4v) is 2.30. The second kappa shape index (κ2) is 7.70. The van der Waals surface area contributed by atoms with Gasteiger partial charge in [0.15, 0.2) is 5.69 Å². The maximum absolute atomic E-state index is 12.2. The third-order valence-electron chi connectivity index (χ3n) is 3.18. The summed E-state index contributed by atoms with van der Waals surface area (Å²) in [6, 6.07) is 2.85. The van der Waals surface area contributed by atoms with E-state index >= 15 is 0 Å². The maximum Gasteiger partial charge on any atom is 0.359 e. The predicted octanol–water partition coefficient (Wildman–Crippen LogP) is 0.984. The number of anilines is 1. The molecule has 138 valence electrons. The molecule has 0 radical (unpaired) electrons. The molecule has 11 nitrogen and oxygen atoms in total. The summed E-state index contributed by atoms with van der Waals surface area (Å²) in [5.41, 5.74) is -1.28. The number of aromatic nitrogens is 3. The molecule has 0 aliphatic carbocycles. The Bertz CT molecular complexity index is 880. The summed E-state index contributed by atoms with van der Waals surface area (Å²) in [5, 5.41) is 27.4. The lowest BCUT2D eigenvalue weighted by Gasteiger charge is -2.13. The summed E-state index contributed by atoms with van der Waals surface area (Å²) in [6.07, 6.45) is 0. The molecule has 1 aromatic carbocycles. The van der Waals surface area contributed by atoms with E-state index in [4.69, 9.17) is 31.3 Å². The van der Waals surface area contributed by atoms with Crippen molar-refractivity contribution in [3.05, 3.63) is 28.5 Å². The van der Waals surface area contributed by atoms with Crippen molar-refractivity contribution in [2.24, 2.45) is 0 Å². The highest BCUT2D eigenvalue weighted by Crippen LogP contribution is 2.35. The molecular weight excluding hydrogens is 372 g/mol. The van der Waals surface area contributed by atoms with Gasteiger partial charge in [-0.1, -0.05) is 16.8 Å². The number of amides is 1. The Morgan fingerprint density at radius 1 is 1.15 bits per heavy atom. The number of methoxy groups -OCH3 is 2. The van der Waals surface area contributed by atoms with Crippen LogP contribution in [-0.2, 0) is 11.3 Å². The van der Waals surface area contributed by atoms with Crippen LogP contribution in [0.15, 0.2) is 12.1 Å². The predicted molar refractivity (Wildman–Crippen MR) is 87.1 cm³/mol. The van der Waals surface area contributed by atoms with Crippen molar-refractivity contribution in [2.45, 2.75) is 6.54 Å². The Hall–Kier alpha value is -3.34. The van der Waals surface area contributed by atoms with Crippen molar-refractivity contribution in [1.29, 1.82) is 0 Å². The van der Waals surface area contributed by atoms with Crippen LogP contribution in [0, 0.1) is 0 Å². The molecule has 0 fully saturated rings. The molecule has 1 aromatic heterocycles. The van der Waals surface area contributed by atoms with E-state index in [1.165, 1.54) is 26.4 Å². The molecule has 0 saturated heterocycles. The van der Waals surface area contributed by atoms with Crippen LogP contribution >= 0.6 is 11.6 Å². The van der Waals surface area contributed by atoms with Gasteiger partial charge in [-0.3, -0.25) is 4.79 Å². The molecule has 0 spiro atoms. The highest BCUT2D eigenvalue weighted by Gasteiger charge is 2.26. The number of ether oxygens (including phenoxy) is 2. The second-order valence-corrected chi connectivity index (χ2v) is 5.20. The fourth-order valence-electron chi connectivity index (χ4n) is 2.06. The highest BCUT2D eigenvalue weighted by atomic mass is 35.5. The van der Waals surface area contributed by atoms with Gasteiger partial charge in [-0.15, -0.1) is 5.10 Å². The molecule has 3 N–H and O–H groups in total. The molecular formula is C14H13ClN4O7. The van der Waals surface area contributed by atoms with Crippen LogP contribution in [-0.4, -0.2) is 57.3 Å². The second-order valence-electron chi connectivity index (χ2n) is 4.79. The van der Waals surface area contributed by atoms with E-state index in [9.17, 15) is 14.4 Å². The van der Waals surface area contributed by atoms with Crippen molar-refractivity contribution < 1.29 is 34.1 Å². The Kier molecular flexibility index (Phi) is 5.62. The van der Waals surface area contributed by atoms with Gasteiger partial charge in [-0.2, -0.15) is 0 Å². The standard InChI is InChI=1S/C14H13ClN4O7/c1-25-8-4-9(26-2)7(3-6(8)15)16-10(20)5-19-12(14(23)24)11(13(21)22)17-18-19/h3-4H,5H2,1-2H3,(H,16,20)(H,21,22)(H,23,24). The monoisotopic (exact) mass is 384 g/mol. The van der Waals surface area contributed by atoms with Gasteiger partial charge in [0.25, 0.3) is 0 Å². The third kappa shape index (κ3) is 3.83. The number of benzene rings is 1. The summed E-state index contributed by atoms with van der Waals surface area (Å²) in [4.78, 5) is 34.4. The number of carbonyl (C=O) groups excluding carboxylic acids is 1. The number of hydrogen-bond acceptors (Lipinski definition) is 7. The smallest absolute Gasteiger partial charge is 0.359 e. The van der Waals surface area contributed by atoms with Gasteiger partial charge < -0.3 is 25.0 Å². The van der Waals surface area contributed by atoms with E-state index in [0.29, 0.717) is 10.4 Å². The number of nitrogens with one attached hydrogen (secondary N) is 1. The zero-order valence-corrected chi connectivity index (χ0v) is 14.3. The molecule has 1 heterocycles. The summed E-state index contributed by atoms with van der Waals surface area (Å²) in [7, 11) is 2.79. The van der Waals surface area contributed by atoms with Crippen LogP contribution < -0.4 is 14.8 Å². The molecule has 2 aromatic rings. The minimum Gasteiger partial charge on any atom is -0.495 e. The normalized spacial score (nSPS) is 10.3. The van der Waals surface area contributed by atoms with Crippen LogP contribution in [0.5, 0.6) is 11.5 Å². The molecule has 0 atom stereocenters. The Morgan fingerprint density at radius 2 is 1.81 bits per heavy atom. The van der Waals surface area contributed by atoms with Gasteiger partial charge in [0.1, 0.15) is 18.0 Å². The minimum atomic E-state index is -1.58. The zero-order valence-electron chi connectivity index (χ0n) is 13.5. The van der Waals surface area contributed by atoms with Gasteiger partial charge in [-0.05, 0) is 6.07 Å². The van der Waals surface area contributed by atoms with E-state index < -0.39 is 35.8 Å². The zero-order chi connectivity index (χ0) is 19.4. The number of hydrogen-bond donors (Lipinski definition) is 3. The lowest BCUT2D eigenvalue weighted by Crippen LogP contribution is -2.23. The van der Waals surface area contributed by atoms with Crippen molar-refractivity contribution >= 4 is 35.1 Å². The number of nitrogens with zero attached hydrogens (tertiary/aromatic N) is 3. The Balaban J connectivity index is 2.26. The van der Waals surface area contributed by atoms with E-state index in [-0.39, 0.29) is 16.5 Å². The number of carbonyl (C=O) groups is 3. The largest absolute Gasteiger partial charge is 0.495 e. The number of rotatable bonds is 7. The van der Waals surface area contributed by atoms with Gasteiger partial charge in [-0.25, -0.2) is 14.3 Å². The molecule has 0 aliphatic heterocycles. The van der Waals surface area contributed by atoms with Crippen LogP contribution in [0.1, 0.15) is 21.0 Å². The molecule has 0 unspecified atom stereocenters. The minimum absolute atomic E-state index is 0.207. The van der Waals surface area contributed by atoms with Crippen molar-refractivity contribution in [3.63, 3.8) is 0 Å². The van der Waals surface area contributed by atoms with Crippen LogP contribution in [0.25, 0.3) is 0 Å². The SMILES string of the molecule is COc1cc(OC)c(NC(=O)Cn2nnc(C(=O)O)c2C(=O)O)cc1Cl. The Morgan fingerprint density at radius 3 is 2.35 bits per heavy atom. The molecule has 0 bridgehead atoms. The number of carboxylic acids is 2. The number of carboxylic acid groups (broad SMARTS) is 2. The quantitative estimate of drug-likeness (QED) is 0.633. The average Bonchev–Trinajstić information content (AvgIpc) is 2.99. The van der Waals surface area contributed by atoms with Gasteiger partial charge in [0.05, 0.1) is 24.9 Å². The summed E-state index contributed by atoms with van der Waals surface area (Å²) >= 11 is 6.00. The molecule has 0 aliphatic rings. The van der Waals surface area contributed by atoms with Crippen molar-refractivity contribution in [3.8, 4) is 11.5 Å². The van der Waals surface area contributed by atoms with Crippen LogP contribution in [0.4, 0.5) is 5.69 Å². The Labute approximate surface area is 151 Å². The van der Waals surface area contributed by atoms with Gasteiger partial charge in [0.2, 0.25) is 11.6 Å². The van der Waals surface area contributed by atoms with E-state index in [1.54, 1.807) is 0 Å². The van der Waals surface area contributed by atoms with E-state index in [0.717, 1.165) is 0 Å². The molecule has 1 amide bonds. The average molecular weight is 385 g/mol. The van der Waals surface area contributed by atoms with Crippen molar-refractivity contribution in [1.82, 2.24) is 15.0 Å². The summed E-state index contributed by atoms with van der Waals surface area (Å²) in [6.45, 7) is -0.589. The van der Waals surface area contributed by atoms with E-state index in [2.05, 4.69) is 15.6 Å². The fraction of sp³-hybridized carbons (Fsp3) is 0.214. The first-order chi connectivity index (χ1) is 12.3. The van der Waals surface area contributed by atoms with Crippen LogP contribution in [0.3, 0.4) is 0 Å². The number of halogens is 1. The topological polar surface area (TPSA) is 153 Å². The first kappa shape index (κ1) is 19.0. The third-order valence-corrected chi connectivity index (χ3v) is 3.48. The lowest BCUT2D eigenvalue weighted by molar-refractivity contribution is -0.117. The highest BCUT2D eigenvalue weighted by molar-refractivity contribution is 6.32. The first-order valence-electron chi connectivity index (χ1n) is 6.90. The first-order valence-corrected chi connectivity index (χ1v) is 7.27. The molecule has 26 heavy (non-hydrogen) atoms. The van der Waals surface area contributed by atoms with Gasteiger partial charge in [0, 0.05) is 6.07 Å². The van der Waals surface area contributed by atoms with Crippen molar-refractivity contribution in [2.75, 3.05) is 19.5 Å². The van der Waals surface area contributed by atoms with Crippen LogP contribution in [0.2, 0.25) is 5.02 Å². The molecule has 2 rings (SSSR count). The number of aromatic carboxylic acids is 2. The summed E-state index contributed by atoms with van der Waals surface area (Å²) in [5.74, 6) is -3.27. The van der Waals surface area contributed by atoms with Gasteiger partial charge >= 0.3 is 11.9 Å².